The van der Waals surface area contributed by atoms with E-state index in [0.717, 1.165) is 13.1 Å². The van der Waals surface area contributed by atoms with Gasteiger partial charge in [-0.15, -0.1) is 0 Å². The van der Waals surface area contributed by atoms with Crippen LogP contribution in [0.4, 0.5) is 5.69 Å². The maximum absolute atomic E-state index is 12.7. The molecule has 0 saturated carbocycles. The van der Waals surface area contributed by atoms with Crippen LogP contribution in [0.3, 0.4) is 0 Å². The van der Waals surface area contributed by atoms with Crippen molar-refractivity contribution >= 4 is 45.0 Å². The molecular weight excluding hydrogens is 458 g/mol. The highest BCUT2D eigenvalue weighted by Gasteiger charge is 2.21. The van der Waals surface area contributed by atoms with E-state index in [1.165, 1.54) is 0 Å². The number of likely N-dealkylation sites (N-methyl/N-ethyl adjacent to an activating group) is 1. The maximum atomic E-state index is 12.7. The lowest BCUT2D eigenvalue weighted by molar-refractivity contribution is -0.122. The van der Waals surface area contributed by atoms with Crippen LogP contribution in [0, 0.1) is 0 Å². The zero-order chi connectivity index (χ0) is 21.0. The highest BCUT2D eigenvalue weighted by Crippen LogP contribution is 2.29. The van der Waals surface area contributed by atoms with Gasteiger partial charge >= 0.3 is 0 Å². The summed E-state index contributed by atoms with van der Waals surface area (Å²) in [4.78, 5) is 29.3. The first kappa shape index (κ1) is 21.6. The number of carbonyl (C=O) groups excluding carboxylic acids is 2. The van der Waals surface area contributed by atoms with Crippen LogP contribution in [0.5, 0.6) is 5.75 Å². The monoisotopic (exact) mass is 479 g/mol. The second kappa shape index (κ2) is 9.61. The lowest BCUT2D eigenvalue weighted by Gasteiger charge is -2.32. The molecule has 1 saturated heterocycles. The first-order valence-corrected chi connectivity index (χ1v) is 10.5. The van der Waals surface area contributed by atoms with E-state index in [9.17, 15) is 9.59 Å². The number of hydrogen-bond acceptors (Lipinski definition) is 4. The molecule has 1 aliphatic heterocycles. The van der Waals surface area contributed by atoms with E-state index in [0.29, 0.717) is 39.6 Å². The van der Waals surface area contributed by atoms with Crippen molar-refractivity contribution < 1.29 is 14.3 Å². The number of ether oxygens (including phenoxy) is 1. The molecule has 1 N–H and O–H groups in total. The van der Waals surface area contributed by atoms with Crippen LogP contribution in [0.1, 0.15) is 17.3 Å². The van der Waals surface area contributed by atoms with Gasteiger partial charge in [-0.05, 0) is 66.3 Å². The number of nitrogens with zero attached hydrogens (tertiary/aromatic N) is 2. The summed E-state index contributed by atoms with van der Waals surface area (Å²) >= 11 is 9.30. The summed E-state index contributed by atoms with van der Waals surface area (Å²) in [6.07, 6.45) is -0.732. The Bertz CT molecular complexity index is 900. The van der Waals surface area contributed by atoms with Crippen LogP contribution in [0.2, 0.25) is 5.02 Å². The average Bonchev–Trinajstić information content (AvgIpc) is 2.70. The summed E-state index contributed by atoms with van der Waals surface area (Å²) in [5.41, 5.74) is 1.11. The van der Waals surface area contributed by atoms with E-state index in [1.807, 2.05) is 11.9 Å². The quantitative estimate of drug-likeness (QED) is 0.705. The molecule has 1 aliphatic rings. The largest absolute Gasteiger partial charge is 0.480 e. The molecule has 0 bridgehead atoms. The molecule has 0 aliphatic carbocycles. The molecule has 6 nitrogen and oxygen atoms in total. The number of hydrogen-bond donors (Lipinski definition) is 1. The Labute approximate surface area is 183 Å². The van der Waals surface area contributed by atoms with Gasteiger partial charge in [0.1, 0.15) is 5.75 Å². The van der Waals surface area contributed by atoms with E-state index in [4.69, 9.17) is 16.3 Å². The number of piperazine rings is 1. The standard InChI is InChI=1S/C21H23BrClN3O3/c1-14(29-19-7-6-16(23)13-18(19)22)20(27)24-17-5-3-4-15(12-17)21(28)26-10-8-25(2)9-11-26/h3-7,12-14H,8-11H2,1-2H3,(H,24,27). The number of nitrogens with one attached hydrogen (secondary N) is 1. The van der Waals surface area contributed by atoms with Gasteiger partial charge in [0, 0.05) is 42.5 Å². The van der Waals surface area contributed by atoms with Crippen molar-refractivity contribution in [1.82, 2.24) is 9.80 Å². The number of anilines is 1. The highest BCUT2D eigenvalue weighted by atomic mass is 79.9. The second-order valence-electron chi connectivity index (χ2n) is 7.00. The van der Waals surface area contributed by atoms with Gasteiger partial charge in [0.15, 0.2) is 6.10 Å². The zero-order valence-electron chi connectivity index (χ0n) is 16.3. The van der Waals surface area contributed by atoms with Crippen LogP contribution >= 0.6 is 27.5 Å². The topological polar surface area (TPSA) is 61.9 Å². The Balaban J connectivity index is 1.63. The maximum Gasteiger partial charge on any atom is 0.265 e. The van der Waals surface area contributed by atoms with Gasteiger partial charge < -0.3 is 19.9 Å². The molecule has 8 heteroatoms. The van der Waals surface area contributed by atoms with Crippen LogP contribution in [-0.4, -0.2) is 60.9 Å². The molecule has 29 heavy (non-hydrogen) atoms. The first-order valence-electron chi connectivity index (χ1n) is 9.34. The Morgan fingerprint density at radius 1 is 1.14 bits per heavy atom. The predicted octanol–water partition coefficient (Wildman–Crippen LogP) is 3.90. The molecule has 1 heterocycles. The number of carbonyl (C=O) groups is 2. The summed E-state index contributed by atoms with van der Waals surface area (Å²) in [5, 5.41) is 3.39. The Kier molecular flexibility index (Phi) is 7.16. The third-order valence-electron chi connectivity index (χ3n) is 4.73. The third-order valence-corrected chi connectivity index (χ3v) is 5.59. The molecule has 1 unspecified atom stereocenters. The molecule has 1 atom stereocenters. The molecular formula is C21H23BrClN3O3. The van der Waals surface area contributed by atoms with Crippen LogP contribution in [0.25, 0.3) is 0 Å². The number of benzene rings is 2. The number of rotatable bonds is 5. The molecule has 0 aromatic heterocycles. The van der Waals surface area contributed by atoms with Crippen molar-refractivity contribution in [2.24, 2.45) is 0 Å². The minimum atomic E-state index is -0.732. The molecule has 2 aromatic rings. The van der Waals surface area contributed by atoms with E-state index in [2.05, 4.69) is 26.1 Å². The van der Waals surface area contributed by atoms with Crippen molar-refractivity contribution in [1.29, 1.82) is 0 Å². The van der Waals surface area contributed by atoms with E-state index < -0.39 is 6.10 Å². The van der Waals surface area contributed by atoms with Gasteiger partial charge in [0.25, 0.3) is 11.8 Å². The van der Waals surface area contributed by atoms with Crippen LogP contribution < -0.4 is 10.1 Å². The minimum absolute atomic E-state index is 0.0245. The lowest BCUT2D eigenvalue weighted by atomic mass is 10.1. The van der Waals surface area contributed by atoms with Gasteiger partial charge in [-0.25, -0.2) is 0 Å². The molecule has 2 amide bonds. The van der Waals surface area contributed by atoms with Crippen molar-refractivity contribution in [3.05, 3.63) is 57.5 Å². The minimum Gasteiger partial charge on any atom is -0.480 e. The highest BCUT2D eigenvalue weighted by molar-refractivity contribution is 9.10. The van der Waals surface area contributed by atoms with Crippen molar-refractivity contribution in [3.63, 3.8) is 0 Å². The van der Waals surface area contributed by atoms with Crippen LogP contribution in [-0.2, 0) is 4.79 Å². The summed E-state index contributed by atoms with van der Waals surface area (Å²) in [6.45, 7) is 4.78. The molecule has 1 fully saturated rings. The fourth-order valence-electron chi connectivity index (χ4n) is 2.98. The van der Waals surface area contributed by atoms with Gasteiger partial charge in [-0.1, -0.05) is 17.7 Å². The lowest BCUT2D eigenvalue weighted by Crippen LogP contribution is -2.47. The molecule has 3 rings (SSSR count). The molecule has 2 aromatic carbocycles. The van der Waals surface area contributed by atoms with Crippen molar-refractivity contribution in [3.8, 4) is 5.75 Å². The third kappa shape index (κ3) is 5.72. The second-order valence-corrected chi connectivity index (χ2v) is 8.29. The SMILES string of the molecule is CC(Oc1ccc(Cl)cc1Br)C(=O)Nc1cccc(C(=O)N2CCN(C)CC2)c1. The van der Waals surface area contributed by atoms with Crippen molar-refractivity contribution in [2.75, 3.05) is 38.5 Å². The Morgan fingerprint density at radius 3 is 2.55 bits per heavy atom. The van der Waals surface area contributed by atoms with Gasteiger partial charge in [-0.2, -0.15) is 0 Å². The van der Waals surface area contributed by atoms with E-state index in [1.54, 1.807) is 49.4 Å². The normalized spacial score (nSPS) is 15.7. The van der Waals surface area contributed by atoms with E-state index in [-0.39, 0.29) is 11.8 Å². The summed E-state index contributed by atoms with van der Waals surface area (Å²) < 4.78 is 6.39. The Hall–Kier alpha value is -2.09. The van der Waals surface area contributed by atoms with Gasteiger partial charge in [0.05, 0.1) is 4.47 Å². The fourth-order valence-corrected chi connectivity index (χ4v) is 3.76. The zero-order valence-corrected chi connectivity index (χ0v) is 18.7. The summed E-state index contributed by atoms with van der Waals surface area (Å²) in [5.74, 6) is 0.190. The first-order chi connectivity index (χ1) is 13.8. The summed E-state index contributed by atoms with van der Waals surface area (Å²) in [7, 11) is 2.05. The summed E-state index contributed by atoms with van der Waals surface area (Å²) in [6, 6.07) is 12.1. The van der Waals surface area contributed by atoms with E-state index >= 15 is 0 Å². The van der Waals surface area contributed by atoms with Crippen molar-refractivity contribution in [2.45, 2.75) is 13.0 Å². The average molecular weight is 481 g/mol. The van der Waals surface area contributed by atoms with Gasteiger partial charge in [0.2, 0.25) is 0 Å². The van der Waals surface area contributed by atoms with Gasteiger partial charge in [-0.3, -0.25) is 9.59 Å². The van der Waals surface area contributed by atoms with Crippen LogP contribution in [0.15, 0.2) is 46.9 Å². The number of amides is 2. The fraction of sp³-hybridized carbons (Fsp3) is 0.333. The predicted molar refractivity (Wildman–Crippen MR) is 118 cm³/mol. The molecule has 0 spiro atoms. The number of halogens is 2. The smallest absolute Gasteiger partial charge is 0.265 e. The Morgan fingerprint density at radius 2 is 1.86 bits per heavy atom. The molecule has 154 valence electrons. The molecule has 0 radical (unpaired) electrons.